The number of aromatic nitrogens is 4. The average Bonchev–Trinajstić information content (AvgIpc) is 2.79. The summed E-state index contributed by atoms with van der Waals surface area (Å²) in [7, 11) is 0. The van der Waals surface area contributed by atoms with E-state index in [1.54, 1.807) is 0 Å². The Morgan fingerprint density at radius 2 is 1.94 bits per heavy atom. The van der Waals surface area contributed by atoms with Crippen molar-refractivity contribution in [1.29, 1.82) is 0 Å². The van der Waals surface area contributed by atoms with Gasteiger partial charge in [-0.3, -0.25) is 0 Å². The lowest BCUT2D eigenvalue weighted by atomic mass is 10.1. The van der Waals surface area contributed by atoms with Crippen molar-refractivity contribution in [2.24, 2.45) is 0 Å². The van der Waals surface area contributed by atoms with E-state index in [2.05, 4.69) is 37.7 Å². The van der Waals surface area contributed by atoms with Gasteiger partial charge in [0.15, 0.2) is 0 Å². The quantitative estimate of drug-likeness (QED) is 0.470. The highest BCUT2D eigenvalue weighted by Crippen LogP contribution is 2.35. The van der Waals surface area contributed by atoms with Crippen LogP contribution in [-0.2, 0) is 0 Å². The molecular formula is C11H5Cl2IN4. The Balaban J connectivity index is 2.39. The van der Waals surface area contributed by atoms with E-state index in [0.29, 0.717) is 21.6 Å². The van der Waals surface area contributed by atoms with Crippen LogP contribution >= 0.6 is 45.8 Å². The number of halogens is 3. The van der Waals surface area contributed by atoms with Crippen LogP contribution < -0.4 is 0 Å². The second-order valence-electron chi connectivity index (χ2n) is 3.52. The van der Waals surface area contributed by atoms with Gasteiger partial charge in [0.05, 0.1) is 5.56 Å². The van der Waals surface area contributed by atoms with E-state index in [0.717, 1.165) is 9.13 Å². The SMILES string of the molecule is Clc1nc2ncnn2c(Cl)c1-c1ccccc1I. The Kier molecular flexibility index (Phi) is 3.13. The smallest absolute Gasteiger partial charge is 0.198 e. The molecule has 0 unspecified atom stereocenters. The molecule has 0 saturated carbocycles. The summed E-state index contributed by atoms with van der Waals surface area (Å²) >= 11 is 14.7. The predicted octanol–water partition coefficient (Wildman–Crippen LogP) is 3.70. The standard InChI is InChI=1S/C11H5Cl2IN4/c12-9-8(6-3-1-2-4-7(6)14)10(13)18-11(17-9)15-5-16-18/h1-5H. The monoisotopic (exact) mass is 390 g/mol. The van der Waals surface area contributed by atoms with Crippen LogP contribution in [0.2, 0.25) is 10.3 Å². The summed E-state index contributed by atoms with van der Waals surface area (Å²) in [6.45, 7) is 0. The molecule has 0 spiro atoms. The maximum atomic E-state index is 6.33. The van der Waals surface area contributed by atoms with E-state index >= 15 is 0 Å². The normalized spacial score (nSPS) is 11.1. The Morgan fingerprint density at radius 1 is 1.17 bits per heavy atom. The van der Waals surface area contributed by atoms with Crippen molar-refractivity contribution in [2.45, 2.75) is 0 Å². The third-order valence-corrected chi connectivity index (χ3v) is 4.03. The molecule has 0 aliphatic carbocycles. The fourth-order valence-corrected chi connectivity index (χ4v) is 2.95. The van der Waals surface area contributed by atoms with E-state index in [9.17, 15) is 0 Å². The molecule has 3 rings (SSSR count). The Labute approximate surface area is 126 Å². The number of fused-ring (bicyclic) bond motifs is 1. The van der Waals surface area contributed by atoms with Crippen molar-refractivity contribution in [2.75, 3.05) is 0 Å². The summed E-state index contributed by atoms with van der Waals surface area (Å²) < 4.78 is 2.51. The maximum Gasteiger partial charge on any atom is 0.255 e. The second-order valence-corrected chi connectivity index (χ2v) is 5.40. The zero-order chi connectivity index (χ0) is 12.7. The molecule has 2 aromatic heterocycles. The fourth-order valence-electron chi connectivity index (χ4n) is 1.67. The highest BCUT2D eigenvalue weighted by Gasteiger charge is 2.17. The molecule has 18 heavy (non-hydrogen) atoms. The molecule has 1 aromatic carbocycles. The molecule has 0 radical (unpaired) electrons. The van der Waals surface area contributed by atoms with Gasteiger partial charge in [-0.15, -0.1) is 0 Å². The van der Waals surface area contributed by atoms with Crippen molar-refractivity contribution in [3.8, 4) is 11.1 Å². The maximum absolute atomic E-state index is 6.33. The lowest BCUT2D eigenvalue weighted by molar-refractivity contribution is 0.942. The fraction of sp³-hybridized carbons (Fsp3) is 0. The van der Waals surface area contributed by atoms with Crippen LogP contribution in [0.1, 0.15) is 0 Å². The molecule has 4 nitrogen and oxygen atoms in total. The first-order valence-corrected chi connectivity index (χ1v) is 6.81. The molecule has 0 aliphatic heterocycles. The molecule has 0 atom stereocenters. The second kappa shape index (κ2) is 4.64. The van der Waals surface area contributed by atoms with Crippen molar-refractivity contribution in [3.63, 3.8) is 0 Å². The minimum atomic E-state index is 0.324. The van der Waals surface area contributed by atoms with Gasteiger partial charge in [-0.1, -0.05) is 41.4 Å². The van der Waals surface area contributed by atoms with Crippen LogP contribution in [0, 0.1) is 3.57 Å². The van der Waals surface area contributed by atoms with Crippen LogP contribution in [0.4, 0.5) is 0 Å². The average molecular weight is 391 g/mol. The first-order chi connectivity index (χ1) is 8.68. The number of nitrogens with zero attached hydrogens (tertiary/aromatic N) is 4. The van der Waals surface area contributed by atoms with E-state index in [-0.39, 0.29) is 0 Å². The van der Waals surface area contributed by atoms with Crippen LogP contribution in [-0.4, -0.2) is 19.6 Å². The molecule has 0 amide bonds. The van der Waals surface area contributed by atoms with Crippen molar-refractivity contribution >= 4 is 51.6 Å². The Bertz CT molecular complexity index is 741. The van der Waals surface area contributed by atoms with Crippen LogP contribution in [0.15, 0.2) is 30.6 Å². The van der Waals surface area contributed by atoms with Gasteiger partial charge < -0.3 is 0 Å². The minimum absolute atomic E-state index is 0.324. The first-order valence-electron chi connectivity index (χ1n) is 4.98. The summed E-state index contributed by atoms with van der Waals surface area (Å²) in [5.41, 5.74) is 1.60. The molecule has 0 saturated heterocycles. The zero-order valence-corrected chi connectivity index (χ0v) is 12.5. The Morgan fingerprint density at radius 3 is 2.72 bits per heavy atom. The number of hydrogen-bond acceptors (Lipinski definition) is 3. The third kappa shape index (κ3) is 1.86. The molecular weight excluding hydrogens is 386 g/mol. The highest BCUT2D eigenvalue weighted by atomic mass is 127. The predicted molar refractivity (Wildman–Crippen MR) is 79.0 cm³/mol. The zero-order valence-electron chi connectivity index (χ0n) is 8.81. The van der Waals surface area contributed by atoms with Gasteiger partial charge in [0.1, 0.15) is 16.6 Å². The molecule has 0 N–H and O–H groups in total. The molecule has 3 aromatic rings. The molecule has 7 heteroatoms. The number of hydrogen-bond donors (Lipinski definition) is 0. The lowest BCUT2D eigenvalue weighted by Gasteiger charge is -2.09. The topological polar surface area (TPSA) is 43.1 Å². The first kappa shape index (κ1) is 12.1. The number of benzene rings is 1. The van der Waals surface area contributed by atoms with Gasteiger partial charge in [-0.2, -0.15) is 19.6 Å². The minimum Gasteiger partial charge on any atom is -0.198 e. The van der Waals surface area contributed by atoms with Crippen molar-refractivity contribution in [1.82, 2.24) is 19.6 Å². The summed E-state index contributed by atoms with van der Waals surface area (Å²) in [6.07, 6.45) is 1.39. The van der Waals surface area contributed by atoms with E-state index in [1.807, 2.05) is 24.3 Å². The van der Waals surface area contributed by atoms with Gasteiger partial charge in [0, 0.05) is 9.13 Å². The molecule has 0 bridgehead atoms. The molecule has 90 valence electrons. The molecule has 0 fully saturated rings. The van der Waals surface area contributed by atoms with Crippen LogP contribution in [0.3, 0.4) is 0 Å². The van der Waals surface area contributed by atoms with Crippen molar-refractivity contribution < 1.29 is 0 Å². The van der Waals surface area contributed by atoms with Gasteiger partial charge in [0.25, 0.3) is 5.78 Å². The summed E-state index contributed by atoms with van der Waals surface area (Å²) in [4.78, 5) is 8.15. The van der Waals surface area contributed by atoms with E-state index in [4.69, 9.17) is 23.2 Å². The van der Waals surface area contributed by atoms with E-state index in [1.165, 1.54) is 10.8 Å². The van der Waals surface area contributed by atoms with Crippen LogP contribution in [0.5, 0.6) is 0 Å². The summed E-state index contributed by atoms with van der Waals surface area (Å²) in [5.74, 6) is 0.389. The Hall–Kier alpha value is -0.920. The van der Waals surface area contributed by atoms with Gasteiger partial charge in [0.2, 0.25) is 0 Å². The third-order valence-electron chi connectivity index (χ3n) is 2.47. The summed E-state index contributed by atoms with van der Waals surface area (Å²) in [6, 6.07) is 7.80. The van der Waals surface area contributed by atoms with Gasteiger partial charge in [-0.05, 0) is 28.7 Å². The largest absolute Gasteiger partial charge is 0.255 e. The highest BCUT2D eigenvalue weighted by molar-refractivity contribution is 14.1. The van der Waals surface area contributed by atoms with Gasteiger partial charge >= 0.3 is 0 Å². The van der Waals surface area contributed by atoms with Crippen LogP contribution in [0.25, 0.3) is 16.9 Å². The van der Waals surface area contributed by atoms with Gasteiger partial charge in [-0.25, -0.2) is 0 Å². The molecule has 0 aliphatic rings. The van der Waals surface area contributed by atoms with Crippen molar-refractivity contribution in [3.05, 3.63) is 44.5 Å². The molecule has 2 heterocycles. The number of rotatable bonds is 1. The lowest BCUT2D eigenvalue weighted by Crippen LogP contribution is -1.98. The van der Waals surface area contributed by atoms with E-state index < -0.39 is 0 Å². The summed E-state index contributed by atoms with van der Waals surface area (Å²) in [5, 5.41) is 4.76.